The monoisotopic (exact) mass is 218 g/mol. The Balaban J connectivity index is 2.25. The highest BCUT2D eigenvalue weighted by Crippen LogP contribution is 2.29. The number of aliphatic hydroxyl groups excluding tert-OH is 1. The molecule has 1 unspecified atom stereocenters. The van der Waals surface area contributed by atoms with E-state index in [2.05, 4.69) is 13.0 Å². The van der Waals surface area contributed by atoms with Crippen LogP contribution in [0, 0.1) is 0 Å². The van der Waals surface area contributed by atoms with E-state index < -0.39 is 6.10 Å². The standard InChI is InChI=1S/C14H18O2/c1-2-11-6-3-4-8-13(11)14(15)12-7-5-9-16-10-12/h3-4,6,8,10,14-15H,2,5,7,9H2,1H3. The van der Waals surface area contributed by atoms with Crippen molar-refractivity contribution in [3.05, 3.63) is 47.2 Å². The number of ether oxygens (including phenoxy) is 1. The second kappa shape index (κ2) is 5.17. The van der Waals surface area contributed by atoms with Gasteiger partial charge in [0.2, 0.25) is 0 Å². The molecule has 1 aromatic rings. The molecule has 1 aliphatic heterocycles. The molecule has 86 valence electrons. The molecule has 1 heterocycles. The Hall–Kier alpha value is -1.28. The predicted octanol–water partition coefficient (Wildman–Crippen LogP) is 2.98. The van der Waals surface area contributed by atoms with Crippen LogP contribution in [0.25, 0.3) is 0 Å². The number of hydrogen-bond acceptors (Lipinski definition) is 2. The first kappa shape index (κ1) is 11.2. The summed E-state index contributed by atoms with van der Waals surface area (Å²) in [5.41, 5.74) is 3.22. The summed E-state index contributed by atoms with van der Waals surface area (Å²) in [4.78, 5) is 0. The van der Waals surface area contributed by atoms with E-state index in [1.165, 1.54) is 5.56 Å². The molecule has 1 aliphatic rings. The molecule has 0 bridgehead atoms. The van der Waals surface area contributed by atoms with Crippen LogP contribution in [0.15, 0.2) is 36.1 Å². The lowest BCUT2D eigenvalue weighted by Gasteiger charge is -2.21. The van der Waals surface area contributed by atoms with Crippen molar-refractivity contribution in [3.63, 3.8) is 0 Å². The molecule has 1 atom stereocenters. The summed E-state index contributed by atoms with van der Waals surface area (Å²) in [7, 11) is 0. The zero-order valence-electron chi connectivity index (χ0n) is 9.65. The fraction of sp³-hybridized carbons (Fsp3) is 0.429. The molecule has 16 heavy (non-hydrogen) atoms. The van der Waals surface area contributed by atoms with E-state index in [0.29, 0.717) is 0 Å². The summed E-state index contributed by atoms with van der Waals surface area (Å²) in [6.45, 7) is 2.88. The normalized spacial score (nSPS) is 17.5. The molecule has 2 rings (SSSR count). The van der Waals surface area contributed by atoms with Crippen LogP contribution < -0.4 is 0 Å². The highest BCUT2D eigenvalue weighted by molar-refractivity contribution is 5.33. The van der Waals surface area contributed by atoms with Crippen molar-refractivity contribution in [2.75, 3.05) is 6.61 Å². The van der Waals surface area contributed by atoms with Gasteiger partial charge in [0.05, 0.1) is 12.9 Å². The van der Waals surface area contributed by atoms with Crippen LogP contribution in [0.3, 0.4) is 0 Å². The maximum absolute atomic E-state index is 10.3. The molecular weight excluding hydrogens is 200 g/mol. The second-order valence-corrected chi connectivity index (χ2v) is 4.12. The van der Waals surface area contributed by atoms with Gasteiger partial charge in [-0.05, 0) is 36.0 Å². The molecule has 1 N–H and O–H groups in total. The van der Waals surface area contributed by atoms with E-state index in [9.17, 15) is 5.11 Å². The Bertz CT molecular complexity index is 382. The third kappa shape index (κ3) is 2.27. The highest BCUT2D eigenvalue weighted by Gasteiger charge is 2.18. The summed E-state index contributed by atoms with van der Waals surface area (Å²) >= 11 is 0. The second-order valence-electron chi connectivity index (χ2n) is 4.12. The Morgan fingerprint density at radius 1 is 1.38 bits per heavy atom. The molecule has 0 amide bonds. The molecule has 0 aliphatic carbocycles. The molecule has 2 heteroatoms. The first-order valence-electron chi connectivity index (χ1n) is 5.89. The maximum atomic E-state index is 10.3. The van der Waals surface area contributed by atoms with Crippen molar-refractivity contribution < 1.29 is 9.84 Å². The highest BCUT2D eigenvalue weighted by atomic mass is 16.5. The molecule has 0 fully saturated rings. The van der Waals surface area contributed by atoms with Crippen molar-refractivity contribution in [2.45, 2.75) is 32.3 Å². The molecule has 0 spiro atoms. The summed E-state index contributed by atoms with van der Waals surface area (Å²) in [5.74, 6) is 0. The lowest BCUT2D eigenvalue weighted by atomic mass is 9.93. The van der Waals surface area contributed by atoms with Crippen molar-refractivity contribution in [3.8, 4) is 0 Å². The smallest absolute Gasteiger partial charge is 0.104 e. The van der Waals surface area contributed by atoms with E-state index in [1.807, 2.05) is 18.2 Å². The van der Waals surface area contributed by atoms with Crippen molar-refractivity contribution >= 4 is 0 Å². The third-order valence-corrected chi connectivity index (χ3v) is 3.04. The van der Waals surface area contributed by atoms with E-state index in [4.69, 9.17) is 4.74 Å². The van der Waals surface area contributed by atoms with Gasteiger partial charge in [0, 0.05) is 0 Å². The van der Waals surface area contributed by atoms with Gasteiger partial charge in [-0.3, -0.25) is 0 Å². The van der Waals surface area contributed by atoms with Gasteiger partial charge in [-0.25, -0.2) is 0 Å². The van der Waals surface area contributed by atoms with Gasteiger partial charge in [-0.15, -0.1) is 0 Å². The van der Waals surface area contributed by atoms with Crippen LogP contribution in [-0.4, -0.2) is 11.7 Å². The van der Waals surface area contributed by atoms with Crippen LogP contribution in [0.4, 0.5) is 0 Å². The topological polar surface area (TPSA) is 29.5 Å². The minimum Gasteiger partial charge on any atom is -0.501 e. The lowest BCUT2D eigenvalue weighted by Crippen LogP contribution is -2.09. The summed E-state index contributed by atoms with van der Waals surface area (Å²) in [6, 6.07) is 8.06. The van der Waals surface area contributed by atoms with Crippen molar-refractivity contribution in [1.29, 1.82) is 0 Å². The van der Waals surface area contributed by atoms with Gasteiger partial charge in [-0.1, -0.05) is 31.2 Å². The Morgan fingerprint density at radius 3 is 2.88 bits per heavy atom. The Morgan fingerprint density at radius 2 is 2.19 bits per heavy atom. The summed E-state index contributed by atoms with van der Waals surface area (Å²) in [6.07, 6.45) is 4.09. The van der Waals surface area contributed by atoms with E-state index in [1.54, 1.807) is 6.26 Å². The maximum Gasteiger partial charge on any atom is 0.104 e. The van der Waals surface area contributed by atoms with Crippen LogP contribution >= 0.6 is 0 Å². The molecule has 2 nitrogen and oxygen atoms in total. The van der Waals surface area contributed by atoms with Gasteiger partial charge in [0.1, 0.15) is 6.10 Å². The fourth-order valence-corrected chi connectivity index (χ4v) is 2.11. The average Bonchev–Trinajstić information content (AvgIpc) is 2.39. The summed E-state index contributed by atoms with van der Waals surface area (Å²) in [5, 5.41) is 10.3. The van der Waals surface area contributed by atoms with Gasteiger partial charge in [0.15, 0.2) is 0 Å². The van der Waals surface area contributed by atoms with Crippen LogP contribution in [0.1, 0.15) is 37.0 Å². The van der Waals surface area contributed by atoms with E-state index in [0.717, 1.165) is 37.0 Å². The first-order chi connectivity index (χ1) is 7.83. The third-order valence-electron chi connectivity index (χ3n) is 3.04. The molecule has 0 radical (unpaired) electrons. The van der Waals surface area contributed by atoms with Gasteiger partial charge < -0.3 is 9.84 Å². The molecule has 1 aromatic carbocycles. The number of benzene rings is 1. The van der Waals surface area contributed by atoms with Gasteiger partial charge in [-0.2, -0.15) is 0 Å². The van der Waals surface area contributed by atoms with E-state index >= 15 is 0 Å². The first-order valence-corrected chi connectivity index (χ1v) is 5.89. The van der Waals surface area contributed by atoms with Crippen LogP contribution in [-0.2, 0) is 11.2 Å². The zero-order chi connectivity index (χ0) is 11.4. The zero-order valence-corrected chi connectivity index (χ0v) is 9.65. The quantitative estimate of drug-likeness (QED) is 0.845. The summed E-state index contributed by atoms with van der Waals surface area (Å²) < 4.78 is 5.28. The largest absolute Gasteiger partial charge is 0.501 e. The van der Waals surface area contributed by atoms with Crippen LogP contribution in [0.2, 0.25) is 0 Å². The molecule has 0 saturated carbocycles. The minimum atomic E-state index is -0.503. The van der Waals surface area contributed by atoms with Crippen molar-refractivity contribution in [2.24, 2.45) is 0 Å². The average molecular weight is 218 g/mol. The Labute approximate surface area is 96.6 Å². The fourth-order valence-electron chi connectivity index (χ4n) is 2.11. The number of aliphatic hydroxyl groups is 1. The number of aryl methyl sites for hydroxylation is 1. The van der Waals surface area contributed by atoms with Crippen LogP contribution in [0.5, 0.6) is 0 Å². The van der Waals surface area contributed by atoms with Crippen molar-refractivity contribution in [1.82, 2.24) is 0 Å². The van der Waals surface area contributed by atoms with E-state index in [-0.39, 0.29) is 0 Å². The number of rotatable bonds is 3. The molecule has 0 saturated heterocycles. The Kier molecular flexibility index (Phi) is 3.62. The molecule has 0 aromatic heterocycles. The number of hydrogen-bond donors (Lipinski definition) is 1. The molecular formula is C14H18O2. The minimum absolute atomic E-state index is 0.503. The predicted molar refractivity (Wildman–Crippen MR) is 64.0 cm³/mol. The SMILES string of the molecule is CCc1ccccc1C(O)C1=COCCC1. The van der Waals surface area contributed by atoms with Gasteiger partial charge in [0.25, 0.3) is 0 Å². The van der Waals surface area contributed by atoms with Gasteiger partial charge >= 0.3 is 0 Å². The lowest BCUT2D eigenvalue weighted by molar-refractivity contribution is 0.170.